The van der Waals surface area contributed by atoms with Gasteiger partial charge >= 0.3 is 12.1 Å². The molecule has 0 bridgehead atoms. The fourth-order valence-corrected chi connectivity index (χ4v) is 3.89. The van der Waals surface area contributed by atoms with E-state index in [0.29, 0.717) is 13.2 Å². The van der Waals surface area contributed by atoms with Crippen molar-refractivity contribution in [1.82, 2.24) is 4.90 Å². The van der Waals surface area contributed by atoms with Gasteiger partial charge in [-0.1, -0.05) is 48.5 Å². The minimum absolute atomic E-state index is 0.0113. The highest BCUT2D eigenvalue weighted by Gasteiger charge is 2.31. The molecule has 4 rings (SSSR count). The summed E-state index contributed by atoms with van der Waals surface area (Å²) in [5, 5.41) is 8.91. The first-order chi connectivity index (χ1) is 13.1. The van der Waals surface area contributed by atoms with Gasteiger partial charge < -0.3 is 19.5 Å². The maximum atomic E-state index is 12.5. The Balaban J connectivity index is 1.44. The van der Waals surface area contributed by atoms with Crippen LogP contribution >= 0.6 is 0 Å². The molecule has 1 atom stereocenters. The number of carbonyl (C=O) groups is 2. The number of rotatable bonds is 4. The van der Waals surface area contributed by atoms with Crippen molar-refractivity contribution in [3.63, 3.8) is 0 Å². The van der Waals surface area contributed by atoms with Crippen molar-refractivity contribution in [2.75, 3.05) is 26.3 Å². The van der Waals surface area contributed by atoms with Gasteiger partial charge in [0, 0.05) is 12.5 Å². The topological polar surface area (TPSA) is 76.1 Å². The van der Waals surface area contributed by atoms with Gasteiger partial charge in [-0.2, -0.15) is 0 Å². The van der Waals surface area contributed by atoms with Crippen LogP contribution in [0.4, 0.5) is 4.79 Å². The normalized spacial score (nSPS) is 18.7. The number of benzene rings is 2. The summed E-state index contributed by atoms with van der Waals surface area (Å²) in [6.07, 6.45) is -1.03. The van der Waals surface area contributed by atoms with E-state index >= 15 is 0 Å². The highest BCUT2D eigenvalue weighted by molar-refractivity contribution is 5.79. The van der Waals surface area contributed by atoms with E-state index in [0.717, 1.165) is 11.1 Å². The molecule has 2 aliphatic rings. The molecule has 1 heterocycles. The molecule has 0 spiro atoms. The summed E-state index contributed by atoms with van der Waals surface area (Å²) in [7, 11) is 0. The third-order valence-electron chi connectivity index (χ3n) is 5.14. The Bertz CT molecular complexity index is 820. The molecule has 0 radical (unpaired) electrons. The summed E-state index contributed by atoms with van der Waals surface area (Å²) >= 11 is 0. The van der Waals surface area contributed by atoms with E-state index < -0.39 is 18.2 Å². The first kappa shape index (κ1) is 17.5. The number of amides is 1. The molecular formula is C21H21NO5. The minimum Gasteiger partial charge on any atom is -0.481 e. The number of carbonyl (C=O) groups excluding carboxylic acids is 1. The molecule has 1 amide bonds. The Labute approximate surface area is 157 Å². The molecule has 6 heteroatoms. The minimum atomic E-state index is -0.936. The largest absolute Gasteiger partial charge is 0.481 e. The molecule has 2 aromatic carbocycles. The smallest absolute Gasteiger partial charge is 0.409 e. The SMILES string of the molecule is O=C(O)CC1CN(C(=O)OCC2c3ccccc3-c3ccccc32)CCO1. The molecular weight excluding hydrogens is 346 g/mol. The van der Waals surface area contributed by atoms with Crippen LogP contribution in [0.1, 0.15) is 23.5 Å². The van der Waals surface area contributed by atoms with Gasteiger partial charge in [0.2, 0.25) is 0 Å². The van der Waals surface area contributed by atoms with Gasteiger partial charge in [0.25, 0.3) is 0 Å². The predicted molar refractivity (Wildman–Crippen MR) is 98.6 cm³/mol. The number of hydrogen-bond donors (Lipinski definition) is 1. The Morgan fingerprint density at radius 2 is 1.70 bits per heavy atom. The van der Waals surface area contributed by atoms with Gasteiger partial charge in [-0.05, 0) is 22.3 Å². The number of morpholine rings is 1. The zero-order chi connectivity index (χ0) is 18.8. The van der Waals surface area contributed by atoms with E-state index in [2.05, 4.69) is 24.3 Å². The molecule has 1 N–H and O–H groups in total. The monoisotopic (exact) mass is 367 g/mol. The first-order valence-electron chi connectivity index (χ1n) is 9.07. The van der Waals surface area contributed by atoms with Crippen LogP contribution in [0.3, 0.4) is 0 Å². The number of ether oxygens (including phenoxy) is 2. The lowest BCUT2D eigenvalue weighted by molar-refractivity contribution is -0.141. The van der Waals surface area contributed by atoms with Crippen LogP contribution in [0.5, 0.6) is 0 Å². The average Bonchev–Trinajstić information content (AvgIpc) is 3.00. The van der Waals surface area contributed by atoms with Gasteiger partial charge in [0.1, 0.15) is 6.61 Å². The van der Waals surface area contributed by atoms with E-state index in [1.165, 1.54) is 16.0 Å². The molecule has 1 saturated heterocycles. The Morgan fingerprint density at radius 1 is 1.07 bits per heavy atom. The van der Waals surface area contributed by atoms with E-state index in [9.17, 15) is 9.59 Å². The van der Waals surface area contributed by atoms with E-state index in [1.807, 2.05) is 24.3 Å². The second kappa shape index (κ2) is 7.40. The van der Waals surface area contributed by atoms with Crippen molar-refractivity contribution >= 4 is 12.1 Å². The van der Waals surface area contributed by atoms with Crippen molar-refractivity contribution in [3.8, 4) is 11.1 Å². The van der Waals surface area contributed by atoms with Crippen LogP contribution < -0.4 is 0 Å². The first-order valence-corrected chi connectivity index (χ1v) is 9.07. The zero-order valence-electron chi connectivity index (χ0n) is 14.8. The van der Waals surface area contributed by atoms with Crippen LogP contribution in [0.25, 0.3) is 11.1 Å². The average molecular weight is 367 g/mol. The number of carboxylic acid groups (broad SMARTS) is 1. The molecule has 0 saturated carbocycles. The van der Waals surface area contributed by atoms with Crippen LogP contribution in [0, 0.1) is 0 Å². The molecule has 6 nitrogen and oxygen atoms in total. The quantitative estimate of drug-likeness (QED) is 0.899. The summed E-state index contributed by atoms with van der Waals surface area (Å²) in [5.41, 5.74) is 4.69. The Morgan fingerprint density at radius 3 is 2.33 bits per heavy atom. The summed E-state index contributed by atoms with van der Waals surface area (Å²) in [5.74, 6) is -0.924. The van der Waals surface area contributed by atoms with Crippen molar-refractivity contribution in [1.29, 1.82) is 0 Å². The fourth-order valence-electron chi connectivity index (χ4n) is 3.89. The lowest BCUT2D eigenvalue weighted by atomic mass is 9.98. The predicted octanol–water partition coefficient (Wildman–Crippen LogP) is 3.11. The van der Waals surface area contributed by atoms with Crippen molar-refractivity contribution in [3.05, 3.63) is 59.7 Å². The third kappa shape index (κ3) is 3.53. The number of hydrogen-bond acceptors (Lipinski definition) is 4. The molecule has 140 valence electrons. The van der Waals surface area contributed by atoms with Gasteiger partial charge in [0.05, 0.1) is 25.7 Å². The lowest BCUT2D eigenvalue weighted by Crippen LogP contribution is -2.46. The fraction of sp³-hybridized carbons (Fsp3) is 0.333. The molecule has 1 aliphatic heterocycles. The summed E-state index contributed by atoms with van der Waals surface area (Å²) in [6.45, 7) is 1.23. The molecule has 0 aromatic heterocycles. The highest BCUT2D eigenvalue weighted by atomic mass is 16.6. The van der Waals surface area contributed by atoms with Gasteiger partial charge in [0.15, 0.2) is 0 Å². The van der Waals surface area contributed by atoms with E-state index in [4.69, 9.17) is 14.6 Å². The van der Waals surface area contributed by atoms with Crippen LogP contribution in [0.2, 0.25) is 0 Å². The molecule has 27 heavy (non-hydrogen) atoms. The van der Waals surface area contributed by atoms with E-state index in [1.54, 1.807) is 0 Å². The highest BCUT2D eigenvalue weighted by Crippen LogP contribution is 2.44. The Hall–Kier alpha value is -2.86. The van der Waals surface area contributed by atoms with Crippen LogP contribution in [0.15, 0.2) is 48.5 Å². The number of nitrogens with zero attached hydrogens (tertiary/aromatic N) is 1. The third-order valence-corrected chi connectivity index (χ3v) is 5.14. The number of aliphatic carboxylic acids is 1. The maximum Gasteiger partial charge on any atom is 0.409 e. The van der Waals surface area contributed by atoms with Gasteiger partial charge in [-0.25, -0.2) is 4.79 Å². The number of carboxylic acids is 1. The van der Waals surface area contributed by atoms with Crippen molar-refractivity contribution in [2.45, 2.75) is 18.4 Å². The summed E-state index contributed by atoms with van der Waals surface area (Å²) in [6, 6.07) is 16.4. The number of fused-ring (bicyclic) bond motifs is 3. The summed E-state index contributed by atoms with van der Waals surface area (Å²) in [4.78, 5) is 24.9. The van der Waals surface area contributed by atoms with Crippen molar-refractivity contribution in [2.24, 2.45) is 0 Å². The zero-order valence-corrected chi connectivity index (χ0v) is 14.8. The molecule has 1 unspecified atom stereocenters. The molecule has 1 fully saturated rings. The van der Waals surface area contributed by atoms with Crippen LogP contribution in [-0.2, 0) is 14.3 Å². The van der Waals surface area contributed by atoms with E-state index in [-0.39, 0.29) is 25.5 Å². The summed E-state index contributed by atoms with van der Waals surface area (Å²) < 4.78 is 11.0. The second-order valence-electron chi connectivity index (χ2n) is 6.84. The maximum absolute atomic E-state index is 12.5. The molecule has 2 aromatic rings. The Kier molecular flexibility index (Phi) is 4.81. The van der Waals surface area contributed by atoms with Gasteiger partial charge in [-0.3, -0.25) is 4.79 Å². The molecule has 1 aliphatic carbocycles. The van der Waals surface area contributed by atoms with Gasteiger partial charge in [-0.15, -0.1) is 0 Å². The second-order valence-corrected chi connectivity index (χ2v) is 6.84. The van der Waals surface area contributed by atoms with Crippen LogP contribution in [-0.4, -0.2) is 54.5 Å². The standard InChI is InChI=1S/C21H21NO5/c23-20(24)11-14-12-22(9-10-26-14)21(25)27-13-19-17-7-3-1-5-15(17)16-6-2-4-8-18(16)19/h1-8,14,19H,9-13H2,(H,23,24). The lowest BCUT2D eigenvalue weighted by Gasteiger charge is -2.31. The van der Waals surface area contributed by atoms with Crippen molar-refractivity contribution < 1.29 is 24.2 Å².